The molecule has 2 N–H and O–H groups in total. The maximum Gasteiger partial charge on any atom is 0.174 e. The predicted octanol–water partition coefficient (Wildman–Crippen LogP) is 3.40. The van der Waals surface area contributed by atoms with E-state index in [0.717, 1.165) is 9.35 Å². The number of nitrogens with zero attached hydrogens (tertiary/aromatic N) is 2. The lowest BCUT2D eigenvalue weighted by Crippen LogP contribution is -2.21. The Kier molecular flexibility index (Phi) is 4.19. The number of aromatic nitrogens is 2. The van der Waals surface area contributed by atoms with Crippen LogP contribution >= 0.6 is 34.4 Å². The number of hydrogen-bond donors (Lipinski definition) is 1. The Morgan fingerprint density at radius 1 is 1.24 bits per heavy atom. The van der Waals surface area contributed by atoms with Gasteiger partial charge in [-0.15, -0.1) is 21.5 Å². The Labute approximate surface area is 113 Å². The summed E-state index contributed by atoms with van der Waals surface area (Å²) in [6.45, 7) is 6.13. The van der Waals surface area contributed by atoms with Crippen LogP contribution in [0.4, 0.5) is 0 Å². The summed E-state index contributed by atoms with van der Waals surface area (Å²) in [5, 5.41) is 9.45. The molecule has 0 aromatic carbocycles. The molecule has 0 saturated heterocycles. The van der Waals surface area contributed by atoms with Crippen molar-refractivity contribution in [3.05, 3.63) is 26.9 Å². The van der Waals surface area contributed by atoms with Crippen molar-refractivity contribution in [2.45, 2.75) is 36.4 Å². The third-order valence-electron chi connectivity index (χ3n) is 2.25. The molecular weight excluding hydrogens is 270 g/mol. The number of rotatable bonds is 4. The first-order chi connectivity index (χ1) is 8.06. The third-order valence-corrected chi connectivity index (χ3v) is 5.88. The summed E-state index contributed by atoms with van der Waals surface area (Å²) in [5.74, 6) is 0. The lowest BCUT2D eigenvalue weighted by molar-refractivity contribution is 0.729. The van der Waals surface area contributed by atoms with Crippen molar-refractivity contribution in [1.29, 1.82) is 0 Å². The van der Waals surface area contributed by atoms with Gasteiger partial charge in [-0.2, -0.15) is 0 Å². The third kappa shape index (κ3) is 3.28. The van der Waals surface area contributed by atoms with Gasteiger partial charge in [-0.05, 0) is 32.9 Å². The van der Waals surface area contributed by atoms with Gasteiger partial charge in [0.25, 0.3) is 0 Å². The highest BCUT2D eigenvalue weighted by Crippen LogP contribution is 2.40. The summed E-state index contributed by atoms with van der Waals surface area (Å²) in [4.78, 5) is 2.63. The lowest BCUT2D eigenvalue weighted by atomic mass is 10.2. The van der Waals surface area contributed by atoms with Crippen molar-refractivity contribution in [1.82, 2.24) is 10.2 Å². The molecule has 17 heavy (non-hydrogen) atoms. The molecule has 2 heterocycles. The molecule has 0 aliphatic carbocycles. The van der Waals surface area contributed by atoms with Crippen LogP contribution < -0.4 is 5.73 Å². The van der Waals surface area contributed by atoms with Crippen LogP contribution in [0.2, 0.25) is 0 Å². The molecule has 0 fully saturated rings. The van der Waals surface area contributed by atoms with E-state index in [0.29, 0.717) is 0 Å². The van der Waals surface area contributed by atoms with Crippen LogP contribution in [0.15, 0.2) is 16.5 Å². The first-order valence-electron chi connectivity index (χ1n) is 5.35. The molecular formula is C11H15N3S3. The van der Waals surface area contributed by atoms with Crippen molar-refractivity contribution in [2.75, 3.05) is 0 Å². The van der Waals surface area contributed by atoms with E-state index < -0.39 is 0 Å². The quantitative estimate of drug-likeness (QED) is 0.875. The fourth-order valence-corrected chi connectivity index (χ4v) is 4.72. The van der Waals surface area contributed by atoms with Crippen LogP contribution in [0.25, 0.3) is 0 Å². The van der Waals surface area contributed by atoms with E-state index in [9.17, 15) is 0 Å². The number of hydrogen-bond acceptors (Lipinski definition) is 6. The van der Waals surface area contributed by atoms with Crippen molar-refractivity contribution < 1.29 is 0 Å². The second-order valence-corrected chi connectivity index (χ2v) is 7.82. The minimum atomic E-state index is 0.0993. The fourth-order valence-electron chi connectivity index (χ4n) is 1.47. The smallest absolute Gasteiger partial charge is 0.174 e. The zero-order valence-electron chi connectivity index (χ0n) is 10.0. The fraction of sp³-hybridized carbons (Fsp3) is 0.455. The second kappa shape index (κ2) is 5.48. The summed E-state index contributed by atoms with van der Waals surface area (Å²) in [6, 6.07) is 4.40. The van der Waals surface area contributed by atoms with Gasteiger partial charge in [-0.1, -0.05) is 23.1 Å². The van der Waals surface area contributed by atoms with E-state index in [4.69, 9.17) is 5.73 Å². The van der Waals surface area contributed by atoms with Gasteiger partial charge in [0.15, 0.2) is 4.34 Å². The minimum absolute atomic E-state index is 0.0993. The van der Waals surface area contributed by atoms with Crippen LogP contribution in [0.3, 0.4) is 0 Å². The van der Waals surface area contributed by atoms with Crippen LogP contribution in [0, 0.1) is 13.8 Å². The van der Waals surface area contributed by atoms with Gasteiger partial charge >= 0.3 is 0 Å². The summed E-state index contributed by atoms with van der Waals surface area (Å²) >= 11 is 5.14. The van der Waals surface area contributed by atoms with Crippen molar-refractivity contribution >= 4 is 34.4 Å². The van der Waals surface area contributed by atoms with Gasteiger partial charge in [0.1, 0.15) is 5.01 Å². The highest BCUT2D eigenvalue weighted by molar-refractivity contribution is 8.01. The van der Waals surface area contributed by atoms with Crippen molar-refractivity contribution in [3.63, 3.8) is 0 Å². The van der Waals surface area contributed by atoms with Crippen LogP contribution in [0.5, 0.6) is 0 Å². The lowest BCUT2D eigenvalue weighted by Gasteiger charge is -2.17. The van der Waals surface area contributed by atoms with E-state index in [1.807, 2.05) is 13.8 Å². The van der Waals surface area contributed by atoms with Crippen LogP contribution in [0.1, 0.15) is 26.9 Å². The van der Waals surface area contributed by atoms with E-state index in [1.165, 1.54) is 9.75 Å². The predicted molar refractivity (Wildman–Crippen MR) is 75.9 cm³/mol. The zero-order chi connectivity index (χ0) is 12.4. The van der Waals surface area contributed by atoms with Gasteiger partial charge in [0, 0.05) is 15.8 Å². The molecule has 0 aliphatic heterocycles. The van der Waals surface area contributed by atoms with E-state index >= 15 is 0 Å². The summed E-state index contributed by atoms with van der Waals surface area (Å²) in [5.41, 5.74) is 6.07. The molecule has 2 aromatic rings. The molecule has 0 amide bonds. The van der Waals surface area contributed by atoms with Crippen LogP contribution in [-0.2, 0) is 0 Å². The highest BCUT2D eigenvalue weighted by atomic mass is 32.2. The minimum Gasteiger partial charge on any atom is -0.327 e. The number of thioether (sulfide) groups is 1. The molecule has 0 radical (unpaired) electrons. The number of thiophene rings is 1. The normalized spacial score (nSPS) is 14.8. The number of nitrogens with two attached hydrogens (primary N) is 1. The molecule has 2 atom stereocenters. The highest BCUT2D eigenvalue weighted by Gasteiger charge is 2.21. The first kappa shape index (κ1) is 13.0. The Hall–Kier alpha value is -0.430. The average molecular weight is 285 g/mol. The molecule has 2 aromatic heterocycles. The van der Waals surface area contributed by atoms with Gasteiger partial charge < -0.3 is 5.73 Å². The van der Waals surface area contributed by atoms with Gasteiger partial charge in [0.05, 0.1) is 5.25 Å². The summed E-state index contributed by atoms with van der Waals surface area (Å²) in [7, 11) is 0. The molecule has 0 spiro atoms. The summed E-state index contributed by atoms with van der Waals surface area (Å²) in [6.07, 6.45) is 0. The molecule has 2 rings (SSSR count). The molecule has 92 valence electrons. The maximum atomic E-state index is 6.07. The molecule has 0 saturated carbocycles. The van der Waals surface area contributed by atoms with Crippen LogP contribution in [-0.4, -0.2) is 16.2 Å². The Morgan fingerprint density at radius 3 is 2.47 bits per heavy atom. The zero-order valence-corrected chi connectivity index (χ0v) is 12.5. The molecule has 0 aliphatic rings. The number of aryl methyl sites for hydroxylation is 2. The van der Waals surface area contributed by atoms with Crippen molar-refractivity contribution in [3.8, 4) is 0 Å². The molecule has 0 bridgehead atoms. The van der Waals surface area contributed by atoms with E-state index in [2.05, 4.69) is 29.3 Å². The Morgan fingerprint density at radius 2 is 2.00 bits per heavy atom. The van der Waals surface area contributed by atoms with E-state index in [1.54, 1.807) is 34.4 Å². The van der Waals surface area contributed by atoms with E-state index in [-0.39, 0.29) is 11.3 Å². The van der Waals surface area contributed by atoms with Gasteiger partial charge in [0.2, 0.25) is 0 Å². The second-order valence-electron chi connectivity index (χ2n) is 3.93. The topological polar surface area (TPSA) is 51.8 Å². The maximum absolute atomic E-state index is 6.07. The molecule has 6 heteroatoms. The largest absolute Gasteiger partial charge is 0.327 e. The molecule has 3 nitrogen and oxygen atoms in total. The average Bonchev–Trinajstić information content (AvgIpc) is 2.83. The van der Waals surface area contributed by atoms with Crippen molar-refractivity contribution in [2.24, 2.45) is 5.73 Å². The standard InChI is InChI=1S/C11H15N3S3/c1-6-4-5-9(15-6)10(7(2)12)17-11-14-13-8(3)16-11/h4-5,7,10H,12H2,1-3H3. The van der Waals surface area contributed by atoms with Gasteiger partial charge in [-0.25, -0.2) is 0 Å². The summed E-state index contributed by atoms with van der Waals surface area (Å²) < 4.78 is 0.996. The Bertz CT molecular complexity index is 490. The SMILES string of the molecule is Cc1ccc(C(Sc2nnc(C)s2)C(C)N)s1. The molecule has 2 unspecified atom stereocenters. The Balaban J connectivity index is 2.18. The monoisotopic (exact) mass is 285 g/mol. The van der Waals surface area contributed by atoms with Gasteiger partial charge in [-0.3, -0.25) is 0 Å². The first-order valence-corrected chi connectivity index (χ1v) is 7.86.